The maximum absolute atomic E-state index is 13.7. The smallest absolute Gasteiger partial charge is 0.254 e. The highest BCUT2D eigenvalue weighted by Gasteiger charge is 2.34. The average molecular weight is 283 g/mol. The zero-order chi connectivity index (χ0) is 13.4. The molecule has 3 rings (SSSR count). The molecule has 0 saturated carbocycles. The summed E-state index contributed by atoms with van der Waals surface area (Å²) in [6, 6.07) is 5.27. The number of carbonyl (C=O) groups excluding carboxylic acids is 1. The molecule has 5 heteroatoms. The van der Waals surface area contributed by atoms with Gasteiger partial charge in [-0.2, -0.15) is 0 Å². The topological polar surface area (TPSA) is 41.1 Å². The van der Waals surface area contributed by atoms with Crippen LogP contribution in [0.4, 0.5) is 4.39 Å². The summed E-state index contributed by atoms with van der Waals surface area (Å²) in [5, 5.41) is 6.74. The molecule has 1 aromatic rings. The molecule has 2 aliphatic heterocycles. The van der Waals surface area contributed by atoms with Crippen molar-refractivity contribution in [3.63, 3.8) is 0 Å². The second kappa shape index (κ2) is 5.10. The predicted molar refractivity (Wildman–Crippen MR) is 71.8 cm³/mol. The SMILES string of the molecule is O=C(NC1CC2CCC(C1)N2)c1ccc(Cl)cc1F. The molecule has 3 nitrogen and oxygen atoms in total. The van der Waals surface area contributed by atoms with Crippen LogP contribution in [0.3, 0.4) is 0 Å². The van der Waals surface area contributed by atoms with E-state index in [1.165, 1.54) is 31.0 Å². The third kappa shape index (κ3) is 2.74. The van der Waals surface area contributed by atoms with Gasteiger partial charge in [0.05, 0.1) is 5.56 Å². The number of rotatable bonds is 2. The van der Waals surface area contributed by atoms with Crippen LogP contribution in [0.15, 0.2) is 18.2 Å². The molecular weight excluding hydrogens is 267 g/mol. The van der Waals surface area contributed by atoms with Gasteiger partial charge in [-0.05, 0) is 43.9 Å². The van der Waals surface area contributed by atoms with Crippen LogP contribution in [0, 0.1) is 5.82 Å². The molecule has 0 aliphatic carbocycles. The number of hydrogen-bond acceptors (Lipinski definition) is 2. The lowest BCUT2D eigenvalue weighted by molar-refractivity contribution is 0.0920. The molecule has 0 radical (unpaired) electrons. The van der Waals surface area contributed by atoms with E-state index in [0.29, 0.717) is 17.1 Å². The summed E-state index contributed by atoms with van der Waals surface area (Å²) in [6.45, 7) is 0. The molecule has 2 bridgehead atoms. The summed E-state index contributed by atoms with van der Waals surface area (Å²) in [5.74, 6) is -0.914. The molecule has 102 valence electrons. The Morgan fingerprint density at radius 3 is 2.63 bits per heavy atom. The molecule has 2 aliphatic rings. The summed E-state index contributed by atoms with van der Waals surface area (Å²) in [6.07, 6.45) is 4.20. The molecule has 2 unspecified atom stereocenters. The number of benzene rings is 1. The minimum Gasteiger partial charge on any atom is -0.349 e. The molecule has 2 fully saturated rings. The standard InChI is InChI=1S/C14H16ClFN2O/c15-8-1-4-12(13(16)5-8)14(19)18-11-6-9-2-3-10(7-11)17-9/h1,4-5,9-11,17H,2-3,6-7H2,(H,18,19). The molecule has 19 heavy (non-hydrogen) atoms. The van der Waals surface area contributed by atoms with E-state index >= 15 is 0 Å². The number of halogens is 2. The summed E-state index contributed by atoms with van der Waals surface area (Å²) in [5.41, 5.74) is 0.0651. The van der Waals surface area contributed by atoms with E-state index in [9.17, 15) is 9.18 Å². The Labute approximate surface area is 116 Å². The fraction of sp³-hybridized carbons (Fsp3) is 0.500. The molecular formula is C14H16ClFN2O. The highest BCUT2D eigenvalue weighted by molar-refractivity contribution is 6.30. The van der Waals surface area contributed by atoms with Gasteiger partial charge >= 0.3 is 0 Å². The Bertz CT molecular complexity index is 496. The predicted octanol–water partition coefficient (Wildman–Crippen LogP) is 2.49. The molecule has 2 N–H and O–H groups in total. The number of piperidine rings is 1. The van der Waals surface area contributed by atoms with Crippen molar-refractivity contribution in [3.05, 3.63) is 34.6 Å². The van der Waals surface area contributed by atoms with Gasteiger partial charge in [0.25, 0.3) is 5.91 Å². The van der Waals surface area contributed by atoms with Crippen LogP contribution in [0.2, 0.25) is 5.02 Å². The van der Waals surface area contributed by atoms with Crippen LogP contribution >= 0.6 is 11.6 Å². The highest BCUT2D eigenvalue weighted by atomic mass is 35.5. The Morgan fingerprint density at radius 2 is 2.00 bits per heavy atom. The average Bonchev–Trinajstić information content (AvgIpc) is 2.68. The van der Waals surface area contributed by atoms with Crippen LogP contribution in [0.1, 0.15) is 36.0 Å². The van der Waals surface area contributed by atoms with Crippen LogP contribution in [0.25, 0.3) is 0 Å². The molecule has 2 heterocycles. The van der Waals surface area contributed by atoms with Crippen molar-refractivity contribution in [2.75, 3.05) is 0 Å². The van der Waals surface area contributed by atoms with Gasteiger partial charge in [0.2, 0.25) is 0 Å². The Hall–Kier alpha value is -1.13. The van der Waals surface area contributed by atoms with Crippen molar-refractivity contribution in [1.29, 1.82) is 0 Å². The van der Waals surface area contributed by atoms with E-state index in [1.54, 1.807) is 0 Å². The normalized spacial score (nSPS) is 29.3. The van der Waals surface area contributed by atoms with Gasteiger partial charge in [-0.3, -0.25) is 4.79 Å². The molecule has 1 aromatic carbocycles. The van der Waals surface area contributed by atoms with Gasteiger partial charge < -0.3 is 10.6 Å². The first-order valence-corrected chi connectivity index (χ1v) is 7.01. The van der Waals surface area contributed by atoms with E-state index in [4.69, 9.17) is 11.6 Å². The van der Waals surface area contributed by atoms with Crippen LogP contribution in [0.5, 0.6) is 0 Å². The quantitative estimate of drug-likeness (QED) is 0.875. The fourth-order valence-electron chi connectivity index (χ4n) is 3.11. The van der Waals surface area contributed by atoms with Crippen LogP contribution in [-0.2, 0) is 0 Å². The van der Waals surface area contributed by atoms with Gasteiger partial charge in [0.1, 0.15) is 5.82 Å². The second-order valence-electron chi connectivity index (χ2n) is 5.40. The summed E-state index contributed by atoms with van der Waals surface area (Å²) >= 11 is 5.68. The largest absolute Gasteiger partial charge is 0.349 e. The fourth-order valence-corrected chi connectivity index (χ4v) is 3.27. The number of fused-ring (bicyclic) bond motifs is 2. The van der Waals surface area contributed by atoms with E-state index in [-0.39, 0.29) is 17.5 Å². The van der Waals surface area contributed by atoms with Crippen molar-refractivity contribution in [1.82, 2.24) is 10.6 Å². The third-order valence-electron chi connectivity index (χ3n) is 3.98. The van der Waals surface area contributed by atoms with Gasteiger partial charge in [0, 0.05) is 23.1 Å². The lowest BCUT2D eigenvalue weighted by Crippen LogP contribution is -2.48. The zero-order valence-electron chi connectivity index (χ0n) is 10.5. The lowest BCUT2D eigenvalue weighted by atomic mass is 9.99. The van der Waals surface area contributed by atoms with Crippen LogP contribution < -0.4 is 10.6 Å². The maximum Gasteiger partial charge on any atom is 0.254 e. The van der Waals surface area contributed by atoms with E-state index in [2.05, 4.69) is 10.6 Å². The first kappa shape index (κ1) is 12.9. The number of hydrogen-bond donors (Lipinski definition) is 2. The van der Waals surface area contributed by atoms with Crippen LogP contribution in [-0.4, -0.2) is 24.0 Å². The first-order valence-electron chi connectivity index (χ1n) is 6.64. The molecule has 0 aromatic heterocycles. The number of nitrogens with one attached hydrogen (secondary N) is 2. The summed E-state index contributed by atoms with van der Waals surface area (Å²) < 4.78 is 13.7. The van der Waals surface area contributed by atoms with Gasteiger partial charge in [-0.25, -0.2) is 4.39 Å². The maximum atomic E-state index is 13.7. The zero-order valence-corrected chi connectivity index (χ0v) is 11.2. The van der Waals surface area contributed by atoms with Crippen molar-refractivity contribution in [2.45, 2.75) is 43.8 Å². The van der Waals surface area contributed by atoms with Crippen molar-refractivity contribution in [3.8, 4) is 0 Å². The van der Waals surface area contributed by atoms with Crippen molar-refractivity contribution >= 4 is 17.5 Å². The first-order chi connectivity index (χ1) is 9.11. The molecule has 1 amide bonds. The third-order valence-corrected chi connectivity index (χ3v) is 4.22. The van der Waals surface area contributed by atoms with Gasteiger partial charge in [-0.15, -0.1) is 0 Å². The minimum atomic E-state index is -0.568. The lowest BCUT2D eigenvalue weighted by Gasteiger charge is -2.29. The number of carbonyl (C=O) groups is 1. The second-order valence-corrected chi connectivity index (χ2v) is 5.84. The van der Waals surface area contributed by atoms with Gasteiger partial charge in [-0.1, -0.05) is 11.6 Å². The monoisotopic (exact) mass is 282 g/mol. The van der Waals surface area contributed by atoms with Gasteiger partial charge in [0.15, 0.2) is 0 Å². The Kier molecular flexibility index (Phi) is 3.46. The Balaban J connectivity index is 1.68. The summed E-state index contributed by atoms with van der Waals surface area (Å²) in [7, 11) is 0. The molecule has 2 atom stereocenters. The van der Waals surface area contributed by atoms with Crippen molar-refractivity contribution < 1.29 is 9.18 Å². The Morgan fingerprint density at radius 1 is 1.32 bits per heavy atom. The minimum absolute atomic E-state index is 0.0651. The van der Waals surface area contributed by atoms with E-state index in [1.807, 2.05) is 0 Å². The summed E-state index contributed by atoms with van der Waals surface area (Å²) in [4.78, 5) is 12.1. The number of amides is 1. The van der Waals surface area contributed by atoms with E-state index < -0.39 is 5.82 Å². The highest BCUT2D eigenvalue weighted by Crippen LogP contribution is 2.27. The molecule has 2 saturated heterocycles. The van der Waals surface area contributed by atoms with E-state index in [0.717, 1.165) is 12.8 Å². The molecule has 0 spiro atoms. The van der Waals surface area contributed by atoms with Crippen molar-refractivity contribution in [2.24, 2.45) is 0 Å².